The van der Waals surface area contributed by atoms with Gasteiger partial charge in [0, 0.05) is 36.9 Å². The molecule has 0 aliphatic carbocycles. The molecule has 4 rings (SSSR count). The van der Waals surface area contributed by atoms with E-state index in [4.69, 9.17) is 16.3 Å². The Bertz CT molecular complexity index is 1060. The molecule has 1 saturated heterocycles. The van der Waals surface area contributed by atoms with Crippen LogP contribution in [0.5, 0.6) is 0 Å². The average Bonchev–Trinajstić information content (AvgIpc) is 3.31. The number of piperazine rings is 1. The fourth-order valence-corrected chi connectivity index (χ4v) is 4.08. The van der Waals surface area contributed by atoms with Crippen LogP contribution in [0.1, 0.15) is 29.0 Å². The zero-order valence-corrected chi connectivity index (χ0v) is 18.6. The van der Waals surface area contributed by atoms with E-state index in [1.165, 1.54) is 0 Å². The van der Waals surface area contributed by atoms with Crippen molar-refractivity contribution < 1.29 is 14.3 Å². The van der Waals surface area contributed by atoms with Gasteiger partial charge in [0.15, 0.2) is 0 Å². The number of imidazole rings is 1. The molecule has 0 bridgehead atoms. The highest BCUT2D eigenvalue weighted by Crippen LogP contribution is 2.26. The van der Waals surface area contributed by atoms with E-state index >= 15 is 0 Å². The Balaban J connectivity index is 1.48. The number of halogens is 1. The van der Waals surface area contributed by atoms with Crippen molar-refractivity contribution in [1.82, 2.24) is 19.4 Å². The number of hydrogen-bond acceptors (Lipinski definition) is 5. The minimum Gasteiger partial charge on any atom is -0.465 e. The Morgan fingerprint density at radius 3 is 2.38 bits per heavy atom. The molecule has 32 heavy (non-hydrogen) atoms. The molecule has 1 amide bonds. The largest absolute Gasteiger partial charge is 0.465 e. The lowest BCUT2D eigenvalue weighted by Crippen LogP contribution is -2.51. The van der Waals surface area contributed by atoms with E-state index in [0.29, 0.717) is 43.5 Å². The van der Waals surface area contributed by atoms with E-state index in [-0.39, 0.29) is 11.9 Å². The molecule has 166 valence electrons. The first-order valence-corrected chi connectivity index (χ1v) is 11.0. The molecule has 0 saturated carbocycles. The molecule has 0 spiro atoms. The minimum absolute atomic E-state index is 0.0785. The van der Waals surface area contributed by atoms with Crippen LogP contribution in [0, 0.1) is 0 Å². The summed E-state index contributed by atoms with van der Waals surface area (Å²) in [5.41, 5.74) is 2.23. The lowest BCUT2D eigenvalue weighted by molar-refractivity contribution is -0.150. The molecule has 3 aromatic rings. The molecule has 1 aliphatic heterocycles. The number of benzene rings is 2. The van der Waals surface area contributed by atoms with Crippen LogP contribution in [0.15, 0.2) is 67.1 Å². The quantitative estimate of drug-likeness (QED) is 0.535. The monoisotopic (exact) mass is 452 g/mol. The predicted molar refractivity (Wildman–Crippen MR) is 122 cm³/mol. The Hall–Kier alpha value is -3.16. The van der Waals surface area contributed by atoms with Crippen molar-refractivity contribution >= 4 is 23.5 Å². The molecule has 8 heteroatoms. The third kappa shape index (κ3) is 4.69. The Labute approximate surface area is 192 Å². The van der Waals surface area contributed by atoms with Crippen molar-refractivity contribution in [1.29, 1.82) is 0 Å². The van der Waals surface area contributed by atoms with Crippen molar-refractivity contribution in [3.8, 4) is 5.69 Å². The second-order valence-electron chi connectivity index (χ2n) is 7.52. The highest BCUT2D eigenvalue weighted by Gasteiger charge is 2.33. The molecule has 1 aromatic heterocycles. The number of rotatable bonds is 6. The molecule has 0 N–H and O–H groups in total. The van der Waals surface area contributed by atoms with Crippen molar-refractivity contribution in [3.05, 3.63) is 83.4 Å². The Kier molecular flexibility index (Phi) is 6.87. The molecular weight excluding hydrogens is 428 g/mol. The number of amides is 1. The van der Waals surface area contributed by atoms with Crippen molar-refractivity contribution in [2.24, 2.45) is 0 Å². The van der Waals surface area contributed by atoms with Gasteiger partial charge < -0.3 is 9.64 Å². The second kappa shape index (κ2) is 9.97. The zero-order valence-electron chi connectivity index (χ0n) is 17.9. The molecule has 1 aliphatic rings. The van der Waals surface area contributed by atoms with E-state index < -0.39 is 6.04 Å². The third-order valence-corrected chi connectivity index (χ3v) is 5.81. The predicted octanol–water partition coefficient (Wildman–Crippen LogP) is 3.59. The summed E-state index contributed by atoms with van der Waals surface area (Å²) in [5, 5.41) is 0.613. The Morgan fingerprint density at radius 1 is 1.03 bits per heavy atom. The van der Waals surface area contributed by atoms with Crippen LogP contribution >= 0.6 is 11.6 Å². The molecule has 1 atom stereocenters. The van der Waals surface area contributed by atoms with Gasteiger partial charge >= 0.3 is 5.97 Å². The smallest absolute Gasteiger partial charge is 0.328 e. The maximum absolute atomic E-state index is 13.2. The standard InChI is InChI=1S/C24H25ClN4O3/c1-2-32-24(31)22(18-8-10-19(25)11-9-18)27-12-14-28(15-13-27)23(30)21-16-26-17-29(21)20-6-4-3-5-7-20/h3-11,16-17,22H,2,12-15H2,1H3. The molecule has 7 nitrogen and oxygen atoms in total. The van der Waals surface area contributed by atoms with Gasteiger partial charge in [-0.3, -0.25) is 14.3 Å². The van der Waals surface area contributed by atoms with Gasteiger partial charge in [-0.25, -0.2) is 9.78 Å². The number of aromatic nitrogens is 2. The summed E-state index contributed by atoms with van der Waals surface area (Å²) in [4.78, 5) is 34.0. The summed E-state index contributed by atoms with van der Waals surface area (Å²) < 4.78 is 7.13. The van der Waals surface area contributed by atoms with Crippen LogP contribution in [0.3, 0.4) is 0 Å². The van der Waals surface area contributed by atoms with Gasteiger partial charge in [0.25, 0.3) is 5.91 Å². The molecule has 2 aromatic carbocycles. The maximum Gasteiger partial charge on any atom is 0.328 e. The number of esters is 1. The lowest BCUT2D eigenvalue weighted by atomic mass is 10.0. The summed E-state index contributed by atoms with van der Waals surface area (Å²) in [6, 6.07) is 16.4. The first-order valence-electron chi connectivity index (χ1n) is 10.6. The van der Waals surface area contributed by atoms with E-state index in [0.717, 1.165) is 11.3 Å². The normalized spacial score (nSPS) is 15.4. The maximum atomic E-state index is 13.2. The van der Waals surface area contributed by atoms with Gasteiger partial charge in [0.1, 0.15) is 11.7 Å². The minimum atomic E-state index is -0.528. The van der Waals surface area contributed by atoms with E-state index in [9.17, 15) is 9.59 Å². The van der Waals surface area contributed by atoms with Gasteiger partial charge in [-0.15, -0.1) is 0 Å². The van der Waals surface area contributed by atoms with E-state index in [1.54, 1.807) is 41.0 Å². The summed E-state index contributed by atoms with van der Waals surface area (Å²) in [6.07, 6.45) is 3.24. The van der Waals surface area contributed by atoms with Crippen LogP contribution < -0.4 is 0 Å². The van der Waals surface area contributed by atoms with Gasteiger partial charge in [0.05, 0.1) is 19.1 Å². The number of carbonyl (C=O) groups excluding carboxylic acids is 2. The van der Waals surface area contributed by atoms with Crippen molar-refractivity contribution in [2.45, 2.75) is 13.0 Å². The number of carbonyl (C=O) groups is 2. The summed E-state index contributed by atoms with van der Waals surface area (Å²) in [7, 11) is 0. The van der Waals surface area contributed by atoms with Gasteiger partial charge in [-0.2, -0.15) is 0 Å². The fraction of sp³-hybridized carbons (Fsp3) is 0.292. The van der Waals surface area contributed by atoms with Crippen LogP contribution in [-0.4, -0.2) is 64.0 Å². The summed E-state index contributed by atoms with van der Waals surface area (Å²) in [5.74, 6) is -0.373. The molecule has 0 radical (unpaired) electrons. The number of nitrogens with zero attached hydrogens (tertiary/aromatic N) is 4. The molecule has 1 fully saturated rings. The second-order valence-corrected chi connectivity index (χ2v) is 7.96. The van der Waals surface area contributed by atoms with Gasteiger partial charge in [-0.05, 0) is 36.8 Å². The SMILES string of the molecule is CCOC(=O)C(c1ccc(Cl)cc1)N1CCN(C(=O)c2cncn2-c2ccccc2)CC1. The summed E-state index contributed by atoms with van der Waals surface area (Å²) in [6.45, 7) is 4.22. The van der Waals surface area contributed by atoms with Crippen LogP contribution in [0.25, 0.3) is 5.69 Å². The van der Waals surface area contributed by atoms with E-state index in [1.807, 2.05) is 42.5 Å². The van der Waals surface area contributed by atoms with Crippen LogP contribution in [0.4, 0.5) is 0 Å². The highest BCUT2D eigenvalue weighted by atomic mass is 35.5. The van der Waals surface area contributed by atoms with Crippen LogP contribution in [0.2, 0.25) is 5.02 Å². The number of ether oxygens (including phenoxy) is 1. The third-order valence-electron chi connectivity index (χ3n) is 5.55. The van der Waals surface area contributed by atoms with E-state index in [2.05, 4.69) is 9.88 Å². The topological polar surface area (TPSA) is 67.7 Å². The van der Waals surface area contributed by atoms with Gasteiger partial charge in [-0.1, -0.05) is 41.9 Å². The molecule has 1 unspecified atom stereocenters. The zero-order chi connectivity index (χ0) is 22.5. The molecular formula is C24H25ClN4O3. The lowest BCUT2D eigenvalue weighted by Gasteiger charge is -2.38. The summed E-state index contributed by atoms with van der Waals surface area (Å²) >= 11 is 6.02. The fourth-order valence-electron chi connectivity index (χ4n) is 3.96. The molecule has 2 heterocycles. The number of para-hydroxylation sites is 1. The Morgan fingerprint density at radius 2 is 1.72 bits per heavy atom. The highest BCUT2D eigenvalue weighted by molar-refractivity contribution is 6.30. The van der Waals surface area contributed by atoms with Crippen LogP contribution in [-0.2, 0) is 9.53 Å². The first-order chi connectivity index (χ1) is 15.6. The average molecular weight is 453 g/mol. The van der Waals surface area contributed by atoms with Gasteiger partial charge in [0.2, 0.25) is 0 Å². The first kappa shape index (κ1) is 22.0. The van der Waals surface area contributed by atoms with Crippen molar-refractivity contribution in [2.75, 3.05) is 32.8 Å². The number of hydrogen-bond donors (Lipinski definition) is 0. The van der Waals surface area contributed by atoms with Crippen molar-refractivity contribution in [3.63, 3.8) is 0 Å².